The summed E-state index contributed by atoms with van der Waals surface area (Å²) in [6.45, 7) is 2.83. The molecule has 0 saturated heterocycles. The summed E-state index contributed by atoms with van der Waals surface area (Å²) in [7, 11) is 0. The predicted molar refractivity (Wildman–Crippen MR) is 83.8 cm³/mol. The molecule has 22 heavy (non-hydrogen) atoms. The molecule has 0 bridgehead atoms. The molecule has 0 amide bonds. The topological polar surface area (TPSA) is 71.5 Å². The Labute approximate surface area is 130 Å². The molecule has 116 valence electrons. The van der Waals surface area contributed by atoms with Crippen LogP contribution in [0.1, 0.15) is 18.2 Å². The van der Waals surface area contributed by atoms with Crippen LogP contribution < -0.4 is 10.1 Å². The third-order valence-electron chi connectivity index (χ3n) is 3.18. The number of pyridine rings is 1. The molecule has 1 heterocycles. The number of carboxylic acids is 1. The molecule has 2 aromatic rings. The van der Waals surface area contributed by atoms with Gasteiger partial charge < -0.3 is 9.84 Å². The zero-order valence-corrected chi connectivity index (χ0v) is 12.5. The Bertz CT molecular complexity index is 602. The van der Waals surface area contributed by atoms with Gasteiger partial charge in [-0.3, -0.25) is 10.1 Å². The van der Waals surface area contributed by atoms with Crippen molar-refractivity contribution < 1.29 is 14.6 Å². The number of carbonyl (C=O) groups is 1. The Morgan fingerprint density at radius 3 is 2.68 bits per heavy atom. The van der Waals surface area contributed by atoms with Crippen molar-refractivity contribution >= 4 is 5.97 Å². The van der Waals surface area contributed by atoms with Crippen molar-refractivity contribution in [1.29, 1.82) is 0 Å². The van der Waals surface area contributed by atoms with E-state index >= 15 is 0 Å². The number of hydrogen-bond donors (Lipinski definition) is 2. The number of nitrogens with zero attached hydrogens (tertiary/aromatic N) is 1. The van der Waals surface area contributed by atoms with Gasteiger partial charge in [0.15, 0.2) is 0 Å². The maximum Gasteiger partial charge on any atom is 0.321 e. The van der Waals surface area contributed by atoms with E-state index < -0.39 is 12.0 Å². The fraction of sp³-hybridized carbons (Fsp3) is 0.294. The molecule has 2 rings (SSSR count). The maximum atomic E-state index is 11.4. The number of carboxylic acid groups (broad SMARTS) is 1. The Morgan fingerprint density at radius 2 is 2.00 bits per heavy atom. The third-order valence-corrected chi connectivity index (χ3v) is 3.18. The van der Waals surface area contributed by atoms with Crippen LogP contribution in [0.4, 0.5) is 0 Å². The highest BCUT2D eigenvalue weighted by Crippen LogP contribution is 2.08. The number of ether oxygens (including phenoxy) is 1. The molecular weight excluding hydrogens is 280 g/mol. The number of hydrogen-bond acceptors (Lipinski definition) is 4. The number of benzene rings is 1. The normalized spacial score (nSPS) is 11.9. The van der Waals surface area contributed by atoms with Crippen LogP contribution in [0, 0.1) is 0 Å². The van der Waals surface area contributed by atoms with Crippen LogP contribution in [0.3, 0.4) is 0 Å². The van der Waals surface area contributed by atoms with Gasteiger partial charge in [-0.2, -0.15) is 0 Å². The summed E-state index contributed by atoms with van der Waals surface area (Å²) in [4.78, 5) is 15.7. The molecular formula is C17H20N2O3. The van der Waals surface area contributed by atoms with E-state index in [1.165, 1.54) is 0 Å². The molecule has 1 aromatic heterocycles. The Kier molecular flexibility index (Phi) is 5.91. The van der Waals surface area contributed by atoms with Crippen LogP contribution >= 0.6 is 0 Å². The number of aromatic nitrogens is 1. The van der Waals surface area contributed by atoms with Crippen molar-refractivity contribution in [3.05, 3.63) is 59.8 Å². The molecule has 5 heteroatoms. The average Bonchev–Trinajstić information content (AvgIpc) is 2.53. The Balaban J connectivity index is 1.97. The van der Waals surface area contributed by atoms with E-state index in [-0.39, 0.29) is 0 Å². The lowest BCUT2D eigenvalue weighted by Crippen LogP contribution is -2.38. The lowest BCUT2D eigenvalue weighted by Gasteiger charge is -2.14. The minimum atomic E-state index is -0.871. The van der Waals surface area contributed by atoms with Crippen molar-refractivity contribution in [2.45, 2.75) is 25.9 Å². The van der Waals surface area contributed by atoms with Crippen LogP contribution in [0.5, 0.6) is 5.88 Å². The van der Waals surface area contributed by atoms with Gasteiger partial charge in [0, 0.05) is 12.6 Å². The van der Waals surface area contributed by atoms with Crippen molar-refractivity contribution in [2.75, 3.05) is 6.61 Å². The minimum absolute atomic E-state index is 0.380. The van der Waals surface area contributed by atoms with Crippen LogP contribution in [0.2, 0.25) is 0 Å². The van der Waals surface area contributed by atoms with Crippen LogP contribution in [-0.2, 0) is 17.8 Å². The minimum Gasteiger partial charge on any atom is -0.480 e. The van der Waals surface area contributed by atoms with Crippen LogP contribution in [0.25, 0.3) is 0 Å². The molecule has 0 saturated carbocycles. The number of nitrogens with one attached hydrogen (secondary N) is 1. The molecule has 5 nitrogen and oxygen atoms in total. The highest BCUT2D eigenvalue weighted by atomic mass is 16.5. The first-order valence-corrected chi connectivity index (χ1v) is 7.28. The summed E-state index contributed by atoms with van der Waals surface area (Å²) in [6, 6.07) is 14.4. The van der Waals surface area contributed by atoms with Crippen LogP contribution in [0.15, 0.2) is 48.5 Å². The summed E-state index contributed by atoms with van der Waals surface area (Å²) in [5, 5.41) is 12.4. The monoisotopic (exact) mass is 300 g/mol. The van der Waals surface area contributed by atoms with Crippen LogP contribution in [-0.4, -0.2) is 28.7 Å². The van der Waals surface area contributed by atoms with E-state index in [9.17, 15) is 9.90 Å². The second kappa shape index (κ2) is 8.14. The Morgan fingerprint density at radius 1 is 1.23 bits per heavy atom. The summed E-state index contributed by atoms with van der Waals surface area (Å²) < 4.78 is 5.34. The third kappa shape index (κ3) is 4.86. The lowest BCUT2D eigenvalue weighted by molar-refractivity contribution is -0.139. The van der Waals surface area contributed by atoms with Gasteiger partial charge in [-0.15, -0.1) is 0 Å². The summed E-state index contributed by atoms with van der Waals surface area (Å²) in [6.07, 6.45) is 0.432. The fourth-order valence-electron chi connectivity index (χ4n) is 2.11. The van der Waals surface area contributed by atoms with E-state index in [0.717, 1.165) is 11.3 Å². The molecule has 0 fully saturated rings. The molecule has 0 radical (unpaired) electrons. The van der Waals surface area contributed by atoms with E-state index in [2.05, 4.69) is 10.3 Å². The largest absolute Gasteiger partial charge is 0.480 e. The molecule has 0 aliphatic carbocycles. The van der Waals surface area contributed by atoms with Crippen molar-refractivity contribution in [1.82, 2.24) is 10.3 Å². The summed E-state index contributed by atoms with van der Waals surface area (Å²) >= 11 is 0. The summed E-state index contributed by atoms with van der Waals surface area (Å²) in [5.41, 5.74) is 1.74. The number of rotatable bonds is 8. The first-order chi connectivity index (χ1) is 10.7. The van der Waals surface area contributed by atoms with Gasteiger partial charge in [0.1, 0.15) is 6.04 Å². The molecule has 1 aromatic carbocycles. The molecule has 0 aliphatic heterocycles. The van der Waals surface area contributed by atoms with Gasteiger partial charge in [0.2, 0.25) is 5.88 Å². The molecule has 0 unspecified atom stereocenters. The fourth-order valence-corrected chi connectivity index (χ4v) is 2.11. The van der Waals surface area contributed by atoms with Gasteiger partial charge in [0.05, 0.1) is 12.3 Å². The Hall–Kier alpha value is -2.40. The van der Waals surface area contributed by atoms with Gasteiger partial charge in [-0.25, -0.2) is 4.98 Å². The highest BCUT2D eigenvalue weighted by molar-refractivity contribution is 5.73. The van der Waals surface area contributed by atoms with E-state index in [0.29, 0.717) is 25.5 Å². The summed E-state index contributed by atoms with van der Waals surface area (Å²) in [5.74, 6) is -0.318. The van der Waals surface area contributed by atoms with Gasteiger partial charge >= 0.3 is 5.97 Å². The molecule has 0 aliphatic rings. The van der Waals surface area contributed by atoms with Gasteiger partial charge in [-0.05, 0) is 25.0 Å². The molecule has 1 atom stereocenters. The average molecular weight is 300 g/mol. The molecule has 0 spiro atoms. The van der Waals surface area contributed by atoms with E-state index in [1.54, 1.807) is 6.07 Å². The highest BCUT2D eigenvalue weighted by Gasteiger charge is 2.17. The molecule has 2 N–H and O–H groups in total. The van der Waals surface area contributed by atoms with Crippen molar-refractivity contribution in [2.24, 2.45) is 0 Å². The first-order valence-electron chi connectivity index (χ1n) is 7.28. The second-order valence-corrected chi connectivity index (χ2v) is 4.86. The van der Waals surface area contributed by atoms with Crippen molar-refractivity contribution in [3.63, 3.8) is 0 Å². The standard InChI is InChI=1S/C17H20N2O3/c1-2-22-16-10-6-9-14(19-16)12-18-15(17(20)21)11-13-7-4-3-5-8-13/h3-10,15,18H,2,11-12H2,1H3,(H,20,21)/t15-/m0/s1. The SMILES string of the molecule is CCOc1cccc(CN[C@@H](Cc2ccccc2)C(=O)O)n1. The predicted octanol–water partition coefficient (Wildman–Crippen LogP) is 2.27. The number of aliphatic carboxylic acids is 1. The maximum absolute atomic E-state index is 11.4. The van der Waals surface area contributed by atoms with Gasteiger partial charge in [-0.1, -0.05) is 36.4 Å². The lowest BCUT2D eigenvalue weighted by atomic mass is 10.1. The second-order valence-electron chi connectivity index (χ2n) is 4.86. The van der Waals surface area contributed by atoms with Crippen molar-refractivity contribution in [3.8, 4) is 5.88 Å². The zero-order valence-electron chi connectivity index (χ0n) is 12.5. The smallest absolute Gasteiger partial charge is 0.321 e. The first kappa shape index (κ1) is 16.0. The quantitative estimate of drug-likeness (QED) is 0.782. The zero-order chi connectivity index (χ0) is 15.8. The van der Waals surface area contributed by atoms with E-state index in [4.69, 9.17) is 4.74 Å². The van der Waals surface area contributed by atoms with Gasteiger partial charge in [0.25, 0.3) is 0 Å². The van der Waals surface area contributed by atoms with E-state index in [1.807, 2.05) is 49.4 Å².